The van der Waals surface area contributed by atoms with Crippen LogP contribution in [0, 0.1) is 11.8 Å². The van der Waals surface area contributed by atoms with Crippen LogP contribution in [-0.4, -0.2) is 88.9 Å². The van der Waals surface area contributed by atoms with Gasteiger partial charge in [-0.05, 0) is 94.5 Å². The predicted octanol–water partition coefficient (Wildman–Crippen LogP) is 0.905. The minimum atomic E-state index is -1.21. The van der Waals surface area contributed by atoms with Crippen LogP contribution in [-0.2, 0) is 35.2 Å². The van der Waals surface area contributed by atoms with Gasteiger partial charge in [-0.3, -0.25) is 28.8 Å². The van der Waals surface area contributed by atoms with Gasteiger partial charge in [0.05, 0.1) is 18.0 Å². The van der Waals surface area contributed by atoms with Crippen LogP contribution in [0.15, 0.2) is 36.4 Å². The van der Waals surface area contributed by atoms with E-state index in [9.17, 15) is 39.0 Å². The van der Waals surface area contributed by atoms with Gasteiger partial charge in [-0.15, -0.1) is 0 Å². The Kier molecular flexibility index (Phi) is 19.6. The number of phenols is 1. The molecule has 0 aromatic heterocycles. The maximum absolute atomic E-state index is 13.9. The van der Waals surface area contributed by atoms with Crippen LogP contribution < -0.4 is 38.5 Å². The van der Waals surface area contributed by atoms with Gasteiger partial charge in [-0.2, -0.15) is 0 Å². The maximum atomic E-state index is 13.9. The molecule has 1 aromatic rings. The lowest BCUT2D eigenvalue weighted by Gasteiger charge is -2.27. The summed E-state index contributed by atoms with van der Waals surface area (Å²) in [4.78, 5) is 79.9. The topological polar surface area (TPSA) is 269 Å². The summed E-state index contributed by atoms with van der Waals surface area (Å²) in [6.07, 6.45) is 6.89. The minimum Gasteiger partial charge on any atom is -0.508 e. The summed E-state index contributed by atoms with van der Waals surface area (Å²) in [5.41, 5.74) is 18.0. The van der Waals surface area contributed by atoms with Crippen molar-refractivity contribution in [3.05, 3.63) is 42.0 Å². The number of ketones is 1. The van der Waals surface area contributed by atoms with Gasteiger partial charge in [-0.25, -0.2) is 0 Å². The third-order valence-corrected chi connectivity index (χ3v) is 8.94. The van der Waals surface area contributed by atoms with Gasteiger partial charge in [0.1, 0.15) is 23.9 Å². The highest BCUT2D eigenvalue weighted by molar-refractivity contribution is 5.96. The number of hydrogen-bond donors (Lipinski definition) is 9. The Bertz CT molecular complexity index is 1350. The number of unbranched alkanes of at least 4 members (excludes halogenated alkanes) is 3. The van der Waals surface area contributed by atoms with Crippen molar-refractivity contribution >= 4 is 35.4 Å². The van der Waals surface area contributed by atoms with Crippen LogP contribution in [0.1, 0.15) is 90.0 Å². The molecule has 0 unspecified atom stereocenters. The number of carbonyl (C=O) groups excluding carboxylic acids is 5. The molecule has 1 aliphatic rings. The Morgan fingerprint density at radius 2 is 1.38 bits per heavy atom. The number of phenolic OH excluding ortho intramolecular Hbond substituents is 1. The second kappa shape index (κ2) is 23.3. The largest absolute Gasteiger partial charge is 0.508 e. The number of nitrogens with two attached hydrogens (primary N) is 3. The Morgan fingerprint density at radius 3 is 1.98 bits per heavy atom. The fourth-order valence-electron chi connectivity index (χ4n) is 5.95. The van der Waals surface area contributed by atoms with E-state index in [1.807, 2.05) is 13.8 Å². The molecule has 0 bridgehead atoms. The van der Waals surface area contributed by atoms with E-state index in [4.69, 9.17) is 17.2 Å². The van der Waals surface area contributed by atoms with Gasteiger partial charge in [0.2, 0.25) is 23.6 Å². The van der Waals surface area contributed by atoms with E-state index >= 15 is 0 Å². The molecule has 15 nitrogen and oxygen atoms in total. The number of carboxylic acid groups (broad SMARTS) is 1. The highest BCUT2D eigenvalue weighted by atomic mass is 16.4. The zero-order valence-corrected chi connectivity index (χ0v) is 30.5. The van der Waals surface area contributed by atoms with Gasteiger partial charge >= 0.3 is 5.97 Å². The molecule has 0 spiro atoms. The van der Waals surface area contributed by atoms with Gasteiger partial charge in [-0.1, -0.05) is 51.0 Å². The SMILES string of the molecule is CC(C)C[C@H](CC(=O)[C@H](Cc1ccc(O)cc1)NC(=O)[C@@H]1CC=CC[C@H](N)C(=O)N[C@@H](CCCCCN)C(=O)N[C@@H](CCCCN)C(=O)N1)C(=O)O. The number of amides is 4. The van der Waals surface area contributed by atoms with E-state index < -0.39 is 71.5 Å². The van der Waals surface area contributed by atoms with Crippen LogP contribution in [0.4, 0.5) is 0 Å². The van der Waals surface area contributed by atoms with Crippen LogP contribution >= 0.6 is 0 Å². The van der Waals surface area contributed by atoms with E-state index in [0.717, 1.165) is 12.8 Å². The highest BCUT2D eigenvalue weighted by Gasteiger charge is 2.33. The normalized spacial score (nSPS) is 21.3. The van der Waals surface area contributed by atoms with Crippen molar-refractivity contribution in [2.45, 2.75) is 121 Å². The zero-order chi connectivity index (χ0) is 38.6. The molecule has 15 heteroatoms. The molecule has 0 saturated heterocycles. The summed E-state index contributed by atoms with van der Waals surface area (Å²) < 4.78 is 0. The average Bonchev–Trinajstić information content (AvgIpc) is 3.09. The van der Waals surface area contributed by atoms with Crippen molar-refractivity contribution in [1.29, 1.82) is 0 Å². The third-order valence-electron chi connectivity index (χ3n) is 8.94. The highest BCUT2D eigenvalue weighted by Crippen LogP contribution is 2.19. The van der Waals surface area contributed by atoms with Crippen molar-refractivity contribution in [2.75, 3.05) is 13.1 Å². The molecule has 12 N–H and O–H groups in total. The third kappa shape index (κ3) is 15.9. The number of carboxylic acids is 1. The van der Waals surface area contributed by atoms with Gasteiger partial charge in [0.15, 0.2) is 5.78 Å². The van der Waals surface area contributed by atoms with Gasteiger partial charge in [0.25, 0.3) is 0 Å². The quantitative estimate of drug-likeness (QED) is 0.0713. The molecule has 0 fully saturated rings. The number of benzene rings is 1. The Balaban J connectivity index is 2.42. The van der Waals surface area contributed by atoms with Crippen molar-refractivity contribution in [1.82, 2.24) is 21.3 Å². The van der Waals surface area contributed by atoms with E-state index in [0.29, 0.717) is 44.3 Å². The molecule has 1 aliphatic heterocycles. The monoisotopic (exact) mass is 729 g/mol. The van der Waals surface area contributed by atoms with E-state index in [1.54, 1.807) is 24.3 Å². The average molecular weight is 730 g/mol. The Hall–Kier alpha value is -4.34. The molecule has 4 amide bonds. The summed E-state index contributed by atoms with van der Waals surface area (Å²) in [7, 11) is 0. The van der Waals surface area contributed by atoms with Crippen molar-refractivity contribution in [3.63, 3.8) is 0 Å². The van der Waals surface area contributed by atoms with Crippen LogP contribution in [0.5, 0.6) is 5.75 Å². The number of aromatic hydroxyl groups is 1. The zero-order valence-electron chi connectivity index (χ0n) is 30.5. The molecule has 6 atom stereocenters. The van der Waals surface area contributed by atoms with Crippen molar-refractivity contribution in [3.8, 4) is 5.75 Å². The minimum absolute atomic E-state index is 0.00375. The summed E-state index contributed by atoms with van der Waals surface area (Å²) in [6, 6.07) is 0.692. The number of Topliss-reactive ketones (excluding diaryl/α,β-unsaturated/α-hetero) is 1. The molecule has 52 heavy (non-hydrogen) atoms. The molecule has 0 radical (unpaired) electrons. The number of nitrogens with one attached hydrogen (secondary N) is 4. The molecule has 0 aliphatic carbocycles. The lowest BCUT2D eigenvalue weighted by Crippen LogP contribution is -2.58. The number of rotatable bonds is 19. The smallest absolute Gasteiger partial charge is 0.306 e. The maximum Gasteiger partial charge on any atom is 0.306 e. The number of hydrogen-bond acceptors (Lipinski definition) is 10. The first-order valence-corrected chi connectivity index (χ1v) is 18.3. The van der Waals surface area contributed by atoms with E-state index in [1.165, 1.54) is 12.1 Å². The van der Waals surface area contributed by atoms with E-state index in [-0.39, 0.29) is 50.2 Å². The molecule has 1 heterocycles. The number of carbonyl (C=O) groups is 6. The van der Waals surface area contributed by atoms with Gasteiger partial charge < -0.3 is 48.7 Å². The Labute approximate surface area is 306 Å². The number of aliphatic carboxylic acids is 1. The second-order valence-corrected chi connectivity index (χ2v) is 13.9. The standard InChI is InChI=1S/C37H59N7O8/c1-23(2)20-25(37(51)52)22-32(46)31(21-24-14-16-26(45)17-15-24)44-36(50)29-12-6-5-10-27(40)33(47)41-28(11-4-3-8-18-38)34(48)43-30(35(49)42-29)13-7-9-19-39/h5-6,14-17,23,25,27-31,45H,3-4,7-13,18-22,38-40H2,1-2H3,(H,41,47)(H,42,49)(H,43,48)(H,44,50)(H,51,52)/t25-,27+,28+,29+,30+,31+/m1/s1. The fourth-order valence-corrected chi connectivity index (χ4v) is 5.95. The first kappa shape index (κ1) is 43.8. The first-order chi connectivity index (χ1) is 24.7. The summed E-state index contributed by atoms with van der Waals surface area (Å²) >= 11 is 0. The summed E-state index contributed by atoms with van der Waals surface area (Å²) in [6.45, 7) is 4.57. The lowest BCUT2D eigenvalue weighted by molar-refractivity contribution is -0.144. The van der Waals surface area contributed by atoms with Crippen LogP contribution in [0.3, 0.4) is 0 Å². The molecule has 290 valence electrons. The van der Waals surface area contributed by atoms with Crippen molar-refractivity contribution < 1.29 is 39.0 Å². The second-order valence-electron chi connectivity index (χ2n) is 13.9. The Morgan fingerprint density at radius 1 is 0.827 bits per heavy atom. The van der Waals surface area contributed by atoms with Gasteiger partial charge in [0, 0.05) is 6.42 Å². The summed E-state index contributed by atoms with van der Waals surface area (Å²) in [5.74, 6) is -5.00. The van der Waals surface area contributed by atoms with Crippen molar-refractivity contribution in [2.24, 2.45) is 29.0 Å². The lowest BCUT2D eigenvalue weighted by atomic mass is 9.89. The van der Waals surface area contributed by atoms with Crippen LogP contribution in [0.25, 0.3) is 0 Å². The molecular formula is C37H59N7O8. The molecule has 1 aromatic carbocycles. The predicted molar refractivity (Wildman–Crippen MR) is 197 cm³/mol. The fraction of sp³-hybridized carbons (Fsp3) is 0.622. The first-order valence-electron chi connectivity index (χ1n) is 18.3. The van der Waals surface area contributed by atoms with Crippen LogP contribution in [0.2, 0.25) is 0 Å². The summed E-state index contributed by atoms with van der Waals surface area (Å²) in [5, 5.41) is 30.5. The van der Waals surface area contributed by atoms with E-state index in [2.05, 4.69) is 21.3 Å². The molecular weight excluding hydrogens is 670 g/mol. The molecule has 0 saturated carbocycles. The molecule has 2 rings (SSSR count).